The van der Waals surface area contributed by atoms with Crippen molar-refractivity contribution in [1.82, 2.24) is 14.3 Å². The molecule has 96 valence electrons. The first-order chi connectivity index (χ1) is 8.93. The second-order valence-corrected chi connectivity index (χ2v) is 4.90. The van der Waals surface area contributed by atoms with Crippen LogP contribution in [-0.2, 0) is 0 Å². The largest absolute Gasteiger partial charge is 0.371 e. The molecule has 0 saturated carbocycles. The van der Waals surface area contributed by atoms with Gasteiger partial charge in [-0.2, -0.15) is 0 Å². The van der Waals surface area contributed by atoms with Gasteiger partial charge in [0.15, 0.2) is 0 Å². The molecule has 1 fully saturated rings. The number of imidazole rings is 1. The maximum atomic E-state index is 4.29. The van der Waals surface area contributed by atoms with Crippen LogP contribution in [0.1, 0.15) is 19.3 Å². The van der Waals surface area contributed by atoms with Crippen LogP contribution in [0.4, 0.5) is 5.82 Å². The molecule has 2 aromatic heterocycles. The lowest BCUT2D eigenvalue weighted by Gasteiger charge is -2.15. The molecule has 4 nitrogen and oxygen atoms in total. The van der Waals surface area contributed by atoms with Crippen molar-refractivity contribution in [3.63, 3.8) is 0 Å². The molecule has 0 aliphatic carbocycles. The number of hydrogen-bond donors (Lipinski definition) is 1. The summed E-state index contributed by atoms with van der Waals surface area (Å²) in [5.74, 6) is 1.13. The minimum absolute atomic E-state index is 1.000. The Bertz CT molecular complexity index is 499. The van der Waals surface area contributed by atoms with Gasteiger partial charge in [0.05, 0.1) is 0 Å². The van der Waals surface area contributed by atoms with Crippen LogP contribution >= 0.6 is 0 Å². The van der Waals surface area contributed by atoms with E-state index in [-0.39, 0.29) is 0 Å². The monoisotopic (exact) mass is 244 g/mol. The first-order valence-corrected chi connectivity index (χ1v) is 6.82. The number of nitrogens with zero attached hydrogens (tertiary/aromatic N) is 3. The molecule has 0 atom stereocenters. The van der Waals surface area contributed by atoms with Crippen molar-refractivity contribution < 1.29 is 0 Å². The zero-order valence-corrected chi connectivity index (χ0v) is 10.7. The zero-order valence-electron chi connectivity index (χ0n) is 10.7. The van der Waals surface area contributed by atoms with E-state index in [2.05, 4.69) is 25.7 Å². The van der Waals surface area contributed by atoms with Gasteiger partial charge in [0.25, 0.3) is 0 Å². The van der Waals surface area contributed by atoms with E-state index in [1.807, 2.05) is 24.5 Å². The average molecular weight is 244 g/mol. The van der Waals surface area contributed by atoms with Gasteiger partial charge >= 0.3 is 0 Å². The van der Waals surface area contributed by atoms with Crippen LogP contribution in [0.15, 0.2) is 30.6 Å². The Labute approximate surface area is 108 Å². The molecule has 1 aliphatic heterocycles. The molecule has 3 heterocycles. The van der Waals surface area contributed by atoms with Gasteiger partial charge < -0.3 is 10.2 Å². The van der Waals surface area contributed by atoms with Crippen molar-refractivity contribution in [1.29, 1.82) is 0 Å². The highest BCUT2D eigenvalue weighted by Gasteiger charge is 2.10. The molecule has 1 aliphatic rings. The van der Waals surface area contributed by atoms with Gasteiger partial charge in [-0.15, -0.1) is 0 Å². The van der Waals surface area contributed by atoms with E-state index in [1.54, 1.807) is 0 Å². The third-order valence-electron chi connectivity index (χ3n) is 3.58. The molecular weight excluding hydrogens is 224 g/mol. The average Bonchev–Trinajstić information content (AvgIpc) is 3.05. The Hall–Kier alpha value is -1.55. The quantitative estimate of drug-likeness (QED) is 0.819. The summed E-state index contributed by atoms with van der Waals surface area (Å²) in [6.45, 7) is 4.81. The Morgan fingerprint density at radius 1 is 1.22 bits per heavy atom. The molecule has 3 rings (SSSR count). The molecule has 1 saturated heterocycles. The fourth-order valence-electron chi connectivity index (χ4n) is 2.62. The number of hydrogen-bond acceptors (Lipinski definition) is 3. The van der Waals surface area contributed by atoms with E-state index in [4.69, 9.17) is 0 Å². The highest BCUT2D eigenvalue weighted by atomic mass is 15.1. The predicted molar refractivity (Wildman–Crippen MR) is 74.0 cm³/mol. The summed E-state index contributed by atoms with van der Waals surface area (Å²) in [5, 5.41) is 3.49. The van der Waals surface area contributed by atoms with Gasteiger partial charge in [0, 0.05) is 18.9 Å². The van der Waals surface area contributed by atoms with E-state index < -0.39 is 0 Å². The summed E-state index contributed by atoms with van der Waals surface area (Å²) in [7, 11) is 0. The van der Waals surface area contributed by atoms with E-state index in [1.165, 1.54) is 38.9 Å². The Kier molecular flexibility index (Phi) is 3.46. The van der Waals surface area contributed by atoms with E-state index >= 15 is 0 Å². The molecule has 4 heteroatoms. The molecular formula is C14H20N4. The molecule has 0 amide bonds. The van der Waals surface area contributed by atoms with Gasteiger partial charge in [0.1, 0.15) is 11.5 Å². The second kappa shape index (κ2) is 5.40. The summed E-state index contributed by atoms with van der Waals surface area (Å²) in [5.41, 5.74) is 1.000. The van der Waals surface area contributed by atoms with E-state index in [9.17, 15) is 0 Å². The van der Waals surface area contributed by atoms with Crippen molar-refractivity contribution in [3.8, 4) is 0 Å². The number of anilines is 1. The minimum Gasteiger partial charge on any atom is -0.371 e. The highest BCUT2D eigenvalue weighted by molar-refractivity contribution is 5.49. The standard InChI is InChI=1S/C14H20N4/c1-2-10-17(9-1)11-4-7-15-13-5-3-6-14-16-8-12-18(13)14/h3,5-6,8,12,15H,1-2,4,7,9-11H2. The lowest BCUT2D eigenvalue weighted by molar-refractivity contribution is 0.337. The van der Waals surface area contributed by atoms with Crippen LogP contribution in [0.3, 0.4) is 0 Å². The maximum Gasteiger partial charge on any atom is 0.138 e. The van der Waals surface area contributed by atoms with Crippen LogP contribution in [0.25, 0.3) is 5.65 Å². The SMILES string of the molecule is c1cc(NCCCN2CCCC2)n2ccnc2c1. The summed E-state index contributed by atoms with van der Waals surface area (Å²) >= 11 is 0. The molecule has 0 radical (unpaired) electrons. The van der Waals surface area contributed by atoms with Crippen molar-refractivity contribution >= 4 is 11.5 Å². The number of fused-ring (bicyclic) bond motifs is 1. The van der Waals surface area contributed by atoms with Crippen LogP contribution in [0.5, 0.6) is 0 Å². The van der Waals surface area contributed by atoms with Crippen molar-refractivity contribution in [3.05, 3.63) is 30.6 Å². The summed E-state index contributed by atoms with van der Waals surface area (Å²) in [4.78, 5) is 6.84. The fourth-order valence-corrected chi connectivity index (χ4v) is 2.62. The van der Waals surface area contributed by atoms with Gasteiger partial charge in [-0.1, -0.05) is 6.07 Å². The topological polar surface area (TPSA) is 32.6 Å². The van der Waals surface area contributed by atoms with Gasteiger partial charge in [-0.3, -0.25) is 4.40 Å². The number of aromatic nitrogens is 2. The van der Waals surface area contributed by atoms with Gasteiger partial charge in [-0.25, -0.2) is 4.98 Å². The molecule has 2 aromatic rings. The Morgan fingerprint density at radius 3 is 3.00 bits per heavy atom. The first kappa shape index (κ1) is 11.5. The van der Waals surface area contributed by atoms with E-state index in [0.29, 0.717) is 0 Å². The maximum absolute atomic E-state index is 4.29. The molecule has 0 bridgehead atoms. The molecule has 0 unspecified atom stereocenters. The smallest absolute Gasteiger partial charge is 0.138 e. The summed E-state index contributed by atoms with van der Waals surface area (Å²) in [6.07, 6.45) is 7.79. The van der Waals surface area contributed by atoms with E-state index in [0.717, 1.165) is 18.0 Å². The molecule has 18 heavy (non-hydrogen) atoms. The summed E-state index contributed by atoms with van der Waals surface area (Å²) in [6, 6.07) is 6.17. The van der Waals surface area contributed by atoms with Crippen LogP contribution in [0, 0.1) is 0 Å². The fraction of sp³-hybridized carbons (Fsp3) is 0.500. The number of nitrogens with one attached hydrogen (secondary N) is 1. The van der Waals surface area contributed by atoms with Crippen LogP contribution in [-0.4, -0.2) is 40.5 Å². The minimum atomic E-state index is 1.000. The second-order valence-electron chi connectivity index (χ2n) is 4.90. The van der Waals surface area contributed by atoms with Gasteiger partial charge in [-0.05, 0) is 51.0 Å². The van der Waals surface area contributed by atoms with Crippen molar-refractivity contribution in [2.45, 2.75) is 19.3 Å². The number of likely N-dealkylation sites (tertiary alicyclic amines) is 1. The lowest BCUT2D eigenvalue weighted by Crippen LogP contribution is -2.22. The highest BCUT2D eigenvalue weighted by Crippen LogP contribution is 2.11. The number of pyridine rings is 1. The van der Waals surface area contributed by atoms with Crippen molar-refractivity contribution in [2.75, 3.05) is 31.5 Å². The normalized spacial score (nSPS) is 16.4. The zero-order chi connectivity index (χ0) is 12.2. The first-order valence-electron chi connectivity index (χ1n) is 6.82. The molecule has 0 aromatic carbocycles. The van der Waals surface area contributed by atoms with Crippen LogP contribution < -0.4 is 5.32 Å². The lowest BCUT2D eigenvalue weighted by atomic mass is 10.3. The Balaban J connectivity index is 1.51. The molecule has 0 spiro atoms. The number of rotatable bonds is 5. The predicted octanol–water partition coefficient (Wildman–Crippen LogP) is 2.23. The molecule has 1 N–H and O–H groups in total. The third-order valence-corrected chi connectivity index (χ3v) is 3.58. The Morgan fingerprint density at radius 2 is 2.11 bits per heavy atom. The summed E-state index contributed by atoms with van der Waals surface area (Å²) < 4.78 is 2.09. The van der Waals surface area contributed by atoms with Crippen LogP contribution in [0.2, 0.25) is 0 Å². The van der Waals surface area contributed by atoms with Crippen molar-refractivity contribution in [2.24, 2.45) is 0 Å². The van der Waals surface area contributed by atoms with Gasteiger partial charge in [0.2, 0.25) is 0 Å². The third kappa shape index (κ3) is 2.48.